The van der Waals surface area contributed by atoms with Gasteiger partial charge in [0, 0.05) is 12.6 Å². The number of hydrogen-bond acceptors (Lipinski definition) is 8. The van der Waals surface area contributed by atoms with Gasteiger partial charge in [-0.3, -0.25) is 4.79 Å². The molecular formula is C21H23F3N2O7S. The van der Waals surface area contributed by atoms with Crippen LogP contribution >= 0.6 is 0 Å². The highest BCUT2D eigenvalue weighted by atomic mass is 32.2. The second-order valence-corrected chi connectivity index (χ2v) is 10.1. The standard InChI is InChI=1S/C21H23F3N2O7S/c1-20(2,3)33-17(27)5-4-10-32-13-6-8-14(9-7-13)34(30,31)12-16-25-11-15(19(28)29)18(26-16)21(22,23)24/h6-9,11H,4-5,10,12H2,1-3H3,(H,28,29). The molecule has 0 unspecified atom stereocenters. The minimum atomic E-state index is -5.10. The maximum Gasteiger partial charge on any atom is 0.434 e. The van der Waals surface area contributed by atoms with Gasteiger partial charge in [-0.25, -0.2) is 23.2 Å². The smallest absolute Gasteiger partial charge is 0.434 e. The summed E-state index contributed by atoms with van der Waals surface area (Å²) in [5.41, 5.74) is -3.49. The quantitative estimate of drug-likeness (QED) is 0.401. The van der Waals surface area contributed by atoms with E-state index in [9.17, 15) is 31.2 Å². The van der Waals surface area contributed by atoms with Gasteiger partial charge >= 0.3 is 18.1 Å². The van der Waals surface area contributed by atoms with Gasteiger partial charge in [0.05, 0.1) is 11.5 Å². The molecule has 1 aromatic heterocycles. The minimum Gasteiger partial charge on any atom is -0.494 e. The van der Waals surface area contributed by atoms with Gasteiger partial charge in [-0.15, -0.1) is 0 Å². The third kappa shape index (κ3) is 7.97. The van der Waals surface area contributed by atoms with E-state index < -0.39 is 50.4 Å². The third-order valence-electron chi connectivity index (χ3n) is 4.05. The van der Waals surface area contributed by atoms with Crippen molar-refractivity contribution in [2.45, 2.75) is 56.0 Å². The van der Waals surface area contributed by atoms with Gasteiger partial charge in [0.15, 0.2) is 15.5 Å². The number of esters is 1. The molecule has 1 heterocycles. The minimum absolute atomic E-state index is 0.143. The number of aromatic carboxylic acids is 1. The van der Waals surface area contributed by atoms with Crippen molar-refractivity contribution in [2.24, 2.45) is 0 Å². The number of rotatable bonds is 9. The molecule has 0 bridgehead atoms. The number of carbonyl (C=O) groups excluding carboxylic acids is 1. The average molecular weight is 504 g/mol. The van der Waals surface area contributed by atoms with Gasteiger partial charge in [-0.1, -0.05) is 0 Å². The summed E-state index contributed by atoms with van der Waals surface area (Å²) in [7, 11) is -4.14. The summed E-state index contributed by atoms with van der Waals surface area (Å²) < 4.78 is 75.0. The van der Waals surface area contributed by atoms with Gasteiger partial charge in [0.25, 0.3) is 0 Å². The topological polar surface area (TPSA) is 133 Å². The number of carboxylic acids is 1. The van der Waals surface area contributed by atoms with Crippen molar-refractivity contribution in [2.75, 3.05) is 6.61 Å². The Labute approximate surface area is 193 Å². The van der Waals surface area contributed by atoms with Crippen molar-refractivity contribution in [1.82, 2.24) is 9.97 Å². The maximum absolute atomic E-state index is 13.1. The number of carboxylic acid groups (broad SMARTS) is 1. The highest BCUT2D eigenvalue weighted by Crippen LogP contribution is 2.30. The first-order chi connectivity index (χ1) is 15.6. The predicted octanol–water partition coefficient (Wildman–Crippen LogP) is 3.67. The molecule has 0 fully saturated rings. The van der Waals surface area contributed by atoms with Gasteiger partial charge in [0.1, 0.15) is 28.5 Å². The first-order valence-corrected chi connectivity index (χ1v) is 11.6. The number of nitrogens with zero attached hydrogens (tertiary/aromatic N) is 2. The summed E-state index contributed by atoms with van der Waals surface area (Å²) in [6, 6.07) is 5.12. The zero-order valence-electron chi connectivity index (χ0n) is 18.5. The molecule has 13 heteroatoms. The Balaban J connectivity index is 2.03. The molecule has 1 N–H and O–H groups in total. The summed E-state index contributed by atoms with van der Waals surface area (Å²) in [5.74, 6) is -3.59. The summed E-state index contributed by atoms with van der Waals surface area (Å²) in [6.45, 7) is 5.44. The Morgan fingerprint density at radius 3 is 2.24 bits per heavy atom. The maximum atomic E-state index is 13.1. The summed E-state index contributed by atoms with van der Waals surface area (Å²) >= 11 is 0. The Morgan fingerprint density at radius 1 is 1.09 bits per heavy atom. The number of carbonyl (C=O) groups is 2. The molecule has 2 aromatic rings. The lowest BCUT2D eigenvalue weighted by molar-refractivity contribution is -0.155. The van der Waals surface area contributed by atoms with E-state index >= 15 is 0 Å². The van der Waals surface area contributed by atoms with Crippen LogP contribution in [-0.2, 0) is 31.3 Å². The van der Waals surface area contributed by atoms with Crippen molar-refractivity contribution < 1.29 is 45.8 Å². The Hall–Kier alpha value is -3.22. The highest BCUT2D eigenvalue weighted by molar-refractivity contribution is 7.90. The molecule has 0 atom stereocenters. The fraction of sp³-hybridized carbons (Fsp3) is 0.429. The van der Waals surface area contributed by atoms with Crippen LogP contribution in [0.25, 0.3) is 0 Å². The van der Waals surface area contributed by atoms with E-state index in [-0.39, 0.29) is 23.9 Å². The molecular weight excluding hydrogens is 481 g/mol. The lowest BCUT2D eigenvalue weighted by atomic mass is 10.2. The summed E-state index contributed by atoms with van der Waals surface area (Å²) in [4.78, 5) is 29.0. The molecule has 34 heavy (non-hydrogen) atoms. The van der Waals surface area contributed by atoms with Crippen LogP contribution < -0.4 is 4.74 Å². The van der Waals surface area contributed by atoms with E-state index in [0.717, 1.165) is 0 Å². The Bertz CT molecular complexity index is 1140. The number of alkyl halides is 3. The van der Waals surface area contributed by atoms with Crippen LogP contribution in [-0.4, -0.2) is 47.6 Å². The van der Waals surface area contributed by atoms with Crippen LogP contribution in [0, 0.1) is 0 Å². The Morgan fingerprint density at radius 2 is 1.71 bits per heavy atom. The van der Waals surface area contributed by atoms with E-state index in [2.05, 4.69) is 9.97 Å². The number of halogens is 3. The second kappa shape index (κ2) is 10.4. The molecule has 0 radical (unpaired) electrons. The number of aromatic nitrogens is 2. The first-order valence-electron chi connectivity index (χ1n) is 9.92. The summed E-state index contributed by atoms with van der Waals surface area (Å²) in [5, 5.41) is 8.87. The lowest BCUT2D eigenvalue weighted by Crippen LogP contribution is -2.23. The van der Waals surface area contributed by atoms with E-state index in [0.29, 0.717) is 18.4 Å². The zero-order valence-corrected chi connectivity index (χ0v) is 19.4. The molecule has 0 saturated heterocycles. The Kier molecular flexibility index (Phi) is 8.24. The monoisotopic (exact) mass is 504 g/mol. The zero-order chi connectivity index (χ0) is 25.7. The van der Waals surface area contributed by atoms with Crippen LogP contribution in [0.4, 0.5) is 13.2 Å². The normalized spacial score (nSPS) is 12.3. The molecule has 0 amide bonds. The molecule has 2 rings (SSSR count). The van der Waals surface area contributed by atoms with E-state index in [1.807, 2.05) is 0 Å². The molecule has 0 spiro atoms. The third-order valence-corrected chi connectivity index (χ3v) is 5.68. The summed E-state index contributed by atoms with van der Waals surface area (Å²) in [6.07, 6.45) is -4.15. The van der Waals surface area contributed by atoms with Crippen molar-refractivity contribution in [1.29, 1.82) is 0 Å². The van der Waals surface area contributed by atoms with Crippen LogP contribution in [0.1, 0.15) is 55.5 Å². The van der Waals surface area contributed by atoms with Gasteiger partial charge in [-0.2, -0.15) is 13.2 Å². The molecule has 0 saturated carbocycles. The number of hydrogen-bond donors (Lipinski definition) is 1. The molecule has 9 nitrogen and oxygen atoms in total. The number of benzene rings is 1. The van der Waals surface area contributed by atoms with Crippen LogP contribution in [0.15, 0.2) is 35.4 Å². The largest absolute Gasteiger partial charge is 0.494 e. The van der Waals surface area contributed by atoms with Crippen molar-refractivity contribution in [3.63, 3.8) is 0 Å². The second-order valence-electron chi connectivity index (χ2n) is 8.12. The molecule has 0 aliphatic rings. The van der Waals surface area contributed by atoms with Crippen molar-refractivity contribution >= 4 is 21.8 Å². The van der Waals surface area contributed by atoms with Gasteiger partial charge < -0.3 is 14.6 Å². The van der Waals surface area contributed by atoms with Gasteiger partial charge in [0.2, 0.25) is 0 Å². The highest BCUT2D eigenvalue weighted by Gasteiger charge is 2.38. The van der Waals surface area contributed by atoms with E-state index in [1.54, 1.807) is 20.8 Å². The van der Waals surface area contributed by atoms with E-state index in [1.165, 1.54) is 24.3 Å². The molecule has 0 aliphatic heterocycles. The van der Waals surface area contributed by atoms with E-state index in [4.69, 9.17) is 14.6 Å². The SMILES string of the molecule is CC(C)(C)OC(=O)CCCOc1ccc(S(=O)(=O)Cc2ncc(C(=O)O)c(C(F)(F)F)n2)cc1. The number of ether oxygens (including phenoxy) is 2. The average Bonchev–Trinajstić information content (AvgIpc) is 2.69. The molecule has 186 valence electrons. The van der Waals surface area contributed by atoms with Crippen LogP contribution in [0.5, 0.6) is 5.75 Å². The molecule has 0 aliphatic carbocycles. The first kappa shape index (κ1) is 27.0. The fourth-order valence-electron chi connectivity index (χ4n) is 2.66. The van der Waals surface area contributed by atoms with Crippen LogP contribution in [0.3, 0.4) is 0 Å². The van der Waals surface area contributed by atoms with Gasteiger partial charge in [-0.05, 0) is 51.5 Å². The van der Waals surface area contributed by atoms with Crippen molar-refractivity contribution in [3.8, 4) is 5.75 Å². The molecule has 1 aromatic carbocycles. The predicted molar refractivity (Wildman–Crippen MR) is 112 cm³/mol. The fourth-order valence-corrected chi connectivity index (χ4v) is 3.85. The lowest BCUT2D eigenvalue weighted by Gasteiger charge is -2.19. The van der Waals surface area contributed by atoms with Crippen molar-refractivity contribution in [3.05, 3.63) is 47.5 Å². The van der Waals surface area contributed by atoms with Crippen LogP contribution in [0.2, 0.25) is 0 Å². The number of sulfone groups is 1.